The summed E-state index contributed by atoms with van der Waals surface area (Å²) in [7, 11) is 0. The molecule has 0 unspecified atom stereocenters. The molecular formula is C14H19N3O4S2. The van der Waals surface area contributed by atoms with Crippen LogP contribution < -0.4 is 0 Å². The number of aliphatic hydroxyl groups is 1. The third-order valence-electron chi connectivity index (χ3n) is 4.38. The van der Waals surface area contributed by atoms with Crippen molar-refractivity contribution in [2.75, 3.05) is 13.1 Å². The summed E-state index contributed by atoms with van der Waals surface area (Å²) in [6, 6.07) is 0. The normalized spacial score (nSPS) is 28.4. The zero-order valence-electron chi connectivity index (χ0n) is 12.9. The first-order valence-electron chi connectivity index (χ1n) is 7.47. The first-order chi connectivity index (χ1) is 10.8. The molecule has 126 valence electrons. The lowest BCUT2D eigenvalue weighted by Crippen LogP contribution is -2.61. The van der Waals surface area contributed by atoms with E-state index in [4.69, 9.17) is 5.41 Å². The van der Waals surface area contributed by atoms with E-state index >= 15 is 0 Å². The number of likely N-dealkylation sites (tertiary alicyclic amines) is 1. The summed E-state index contributed by atoms with van der Waals surface area (Å²) in [4.78, 5) is 27.0. The fourth-order valence-electron chi connectivity index (χ4n) is 2.93. The van der Waals surface area contributed by atoms with Crippen LogP contribution in [0.1, 0.15) is 20.3 Å². The van der Waals surface area contributed by atoms with E-state index in [9.17, 15) is 19.8 Å². The Morgan fingerprint density at radius 2 is 2.17 bits per heavy atom. The van der Waals surface area contributed by atoms with Gasteiger partial charge in [0.1, 0.15) is 5.37 Å². The van der Waals surface area contributed by atoms with Crippen molar-refractivity contribution in [3.05, 3.63) is 9.93 Å². The molecule has 0 aromatic heterocycles. The Morgan fingerprint density at radius 1 is 1.52 bits per heavy atom. The van der Waals surface area contributed by atoms with Crippen LogP contribution in [0.2, 0.25) is 0 Å². The van der Waals surface area contributed by atoms with Gasteiger partial charge in [-0.05, 0) is 13.3 Å². The van der Waals surface area contributed by atoms with E-state index in [1.807, 2.05) is 11.8 Å². The zero-order valence-corrected chi connectivity index (χ0v) is 14.5. The molecule has 23 heavy (non-hydrogen) atoms. The first kappa shape index (κ1) is 16.7. The Kier molecular flexibility index (Phi) is 4.37. The summed E-state index contributed by atoms with van der Waals surface area (Å²) in [6.07, 6.45) is -0.252. The molecule has 0 aliphatic carbocycles. The zero-order chi connectivity index (χ0) is 16.9. The van der Waals surface area contributed by atoms with Crippen LogP contribution >= 0.6 is 23.5 Å². The number of aliphatic hydroxyl groups excluding tert-OH is 1. The second-order valence-electron chi connectivity index (χ2n) is 5.89. The van der Waals surface area contributed by atoms with Crippen molar-refractivity contribution in [2.24, 2.45) is 5.92 Å². The second kappa shape index (κ2) is 6.03. The molecule has 3 atom stereocenters. The van der Waals surface area contributed by atoms with Crippen LogP contribution in [-0.2, 0) is 9.59 Å². The van der Waals surface area contributed by atoms with E-state index in [0.29, 0.717) is 16.5 Å². The standard InChI is InChI=1S/C14H19N3O4S2/c1-3-8(18)9-11(19)17-10(13(20)21)14(23-12(9)17)22-7-4-16(5-7)6(2)15/h7-9,12,15,18H,3-5H2,1-2H3,(H,20,21)/t8-,9+,12+/m0/s1. The van der Waals surface area contributed by atoms with Crippen molar-refractivity contribution in [3.63, 3.8) is 0 Å². The SMILES string of the molecule is CC[C@H](O)[C@@H]1C(=O)N2C(C(=O)O)=C(SC3CN(C(C)=N)C3)S[C@H]12. The maximum Gasteiger partial charge on any atom is 0.354 e. The summed E-state index contributed by atoms with van der Waals surface area (Å²) < 4.78 is 0.647. The van der Waals surface area contributed by atoms with Crippen molar-refractivity contribution in [3.8, 4) is 0 Å². The molecule has 0 radical (unpaired) electrons. The second-order valence-corrected chi connectivity index (χ2v) is 8.59. The lowest BCUT2D eigenvalue weighted by atomic mass is 9.90. The minimum Gasteiger partial charge on any atom is -0.477 e. The topological polar surface area (TPSA) is 105 Å². The molecule has 2 fully saturated rings. The number of hydrogen-bond donors (Lipinski definition) is 3. The quantitative estimate of drug-likeness (QED) is 0.382. The molecule has 3 aliphatic heterocycles. The van der Waals surface area contributed by atoms with Gasteiger partial charge in [-0.15, -0.1) is 11.8 Å². The number of β-lactam (4-membered cyclic amide) rings is 1. The first-order valence-corrected chi connectivity index (χ1v) is 9.23. The van der Waals surface area contributed by atoms with Crippen molar-refractivity contribution >= 4 is 41.2 Å². The van der Waals surface area contributed by atoms with Gasteiger partial charge >= 0.3 is 5.97 Å². The average Bonchev–Trinajstić information content (AvgIpc) is 2.76. The third-order valence-corrected chi connectivity index (χ3v) is 7.15. The molecule has 1 amide bonds. The molecule has 9 heteroatoms. The highest BCUT2D eigenvalue weighted by atomic mass is 32.2. The Bertz CT molecular complexity index is 603. The predicted molar refractivity (Wildman–Crippen MR) is 89.0 cm³/mol. The highest BCUT2D eigenvalue weighted by molar-refractivity contribution is 8.23. The van der Waals surface area contributed by atoms with E-state index in [-0.39, 0.29) is 22.2 Å². The van der Waals surface area contributed by atoms with Crippen LogP contribution in [0.4, 0.5) is 0 Å². The predicted octanol–water partition coefficient (Wildman–Crippen LogP) is 0.957. The fourth-order valence-corrected chi connectivity index (χ4v) is 6.25. The summed E-state index contributed by atoms with van der Waals surface area (Å²) in [5.74, 6) is -1.40. The maximum atomic E-state index is 12.2. The molecule has 3 heterocycles. The minimum atomic E-state index is -1.10. The number of aliphatic carboxylic acids is 1. The summed E-state index contributed by atoms with van der Waals surface area (Å²) in [6.45, 7) is 4.98. The highest BCUT2D eigenvalue weighted by Crippen LogP contribution is 2.55. The van der Waals surface area contributed by atoms with Crippen molar-refractivity contribution < 1.29 is 19.8 Å². The number of rotatable bonds is 5. The van der Waals surface area contributed by atoms with E-state index in [1.54, 1.807) is 6.92 Å². The number of thioether (sulfide) groups is 2. The number of hydrogen-bond acceptors (Lipinski definition) is 6. The number of amides is 1. The number of carbonyl (C=O) groups is 2. The van der Waals surface area contributed by atoms with Gasteiger partial charge in [0.2, 0.25) is 5.91 Å². The molecule has 7 nitrogen and oxygen atoms in total. The monoisotopic (exact) mass is 357 g/mol. The highest BCUT2D eigenvalue weighted by Gasteiger charge is 2.58. The molecule has 3 aliphatic rings. The van der Waals surface area contributed by atoms with E-state index in [1.165, 1.54) is 28.4 Å². The third kappa shape index (κ3) is 2.64. The number of carboxylic acids is 1. The lowest BCUT2D eigenvalue weighted by Gasteiger charge is -2.44. The van der Waals surface area contributed by atoms with Gasteiger partial charge in [-0.25, -0.2) is 4.79 Å². The van der Waals surface area contributed by atoms with Crippen LogP contribution in [0.25, 0.3) is 0 Å². The minimum absolute atomic E-state index is 0.0552. The maximum absolute atomic E-state index is 12.2. The number of nitrogens with zero attached hydrogens (tertiary/aromatic N) is 2. The van der Waals surface area contributed by atoms with Crippen LogP contribution in [0.5, 0.6) is 0 Å². The van der Waals surface area contributed by atoms with Gasteiger partial charge in [0.15, 0.2) is 5.70 Å². The molecule has 2 saturated heterocycles. The average molecular weight is 357 g/mol. The van der Waals surface area contributed by atoms with Gasteiger partial charge in [0.25, 0.3) is 0 Å². The summed E-state index contributed by atoms with van der Waals surface area (Å²) in [5.41, 5.74) is 0.0552. The van der Waals surface area contributed by atoms with Gasteiger partial charge in [-0.2, -0.15) is 0 Å². The number of carbonyl (C=O) groups excluding carboxylic acids is 1. The lowest BCUT2D eigenvalue weighted by molar-refractivity contribution is -0.157. The molecule has 3 rings (SSSR count). The van der Waals surface area contributed by atoms with Gasteiger partial charge in [0.05, 0.1) is 22.1 Å². The Balaban J connectivity index is 1.72. The smallest absolute Gasteiger partial charge is 0.354 e. The van der Waals surface area contributed by atoms with Gasteiger partial charge in [-0.1, -0.05) is 18.7 Å². The van der Waals surface area contributed by atoms with Crippen molar-refractivity contribution in [2.45, 2.75) is 37.0 Å². The number of amidine groups is 1. The van der Waals surface area contributed by atoms with Crippen molar-refractivity contribution in [1.82, 2.24) is 9.80 Å². The van der Waals surface area contributed by atoms with Crippen LogP contribution in [0.3, 0.4) is 0 Å². The largest absolute Gasteiger partial charge is 0.477 e. The van der Waals surface area contributed by atoms with Crippen molar-refractivity contribution in [1.29, 1.82) is 5.41 Å². The number of nitrogens with one attached hydrogen (secondary N) is 1. The number of carboxylic acid groups (broad SMARTS) is 1. The Morgan fingerprint density at radius 3 is 2.70 bits per heavy atom. The summed E-state index contributed by atoms with van der Waals surface area (Å²) >= 11 is 2.84. The fraction of sp³-hybridized carbons (Fsp3) is 0.643. The van der Waals surface area contributed by atoms with Crippen LogP contribution in [0.15, 0.2) is 9.93 Å². The van der Waals surface area contributed by atoms with E-state index in [0.717, 1.165) is 13.1 Å². The molecular weight excluding hydrogens is 338 g/mol. The Labute approximate surface area is 142 Å². The van der Waals surface area contributed by atoms with Gasteiger partial charge in [0, 0.05) is 18.3 Å². The molecule has 0 spiro atoms. The molecule has 0 aromatic carbocycles. The number of fused-ring (bicyclic) bond motifs is 1. The van der Waals surface area contributed by atoms with Crippen LogP contribution in [-0.4, -0.2) is 67.5 Å². The van der Waals surface area contributed by atoms with Gasteiger partial charge in [-0.3, -0.25) is 15.1 Å². The van der Waals surface area contributed by atoms with Crippen LogP contribution in [0, 0.1) is 11.3 Å². The van der Waals surface area contributed by atoms with E-state index in [2.05, 4.69) is 0 Å². The molecule has 3 N–H and O–H groups in total. The van der Waals surface area contributed by atoms with Gasteiger partial charge < -0.3 is 15.1 Å². The molecule has 0 bridgehead atoms. The summed E-state index contributed by atoms with van der Waals surface area (Å²) in [5, 5.41) is 26.9. The Hall–Kier alpha value is -1.19. The molecule has 0 aromatic rings. The molecule has 0 saturated carbocycles. The van der Waals surface area contributed by atoms with E-state index < -0.39 is 18.0 Å².